The molecule has 122 valence electrons. The number of benzene rings is 3. The first-order valence-electron chi connectivity index (χ1n) is 7.86. The predicted octanol–water partition coefficient (Wildman–Crippen LogP) is 4.89. The fourth-order valence-corrected chi connectivity index (χ4v) is 3.37. The van der Waals surface area contributed by atoms with Gasteiger partial charge in [0.05, 0.1) is 5.69 Å². The fraction of sp³-hybridized carbons (Fsp3) is 0.0500. The summed E-state index contributed by atoms with van der Waals surface area (Å²) in [5, 5.41) is 9.27. The standard InChI is InChI=1S/C20H14IN3O/c1-13(25)16-11-10-14(21)12-18(16)17-8-5-9-19-20(17)23-24(22-19)15-6-3-2-4-7-15/h2-12H,1H3. The first kappa shape index (κ1) is 16.0. The molecule has 0 aliphatic carbocycles. The van der Waals surface area contributed by atoms with Crippen molar-refractivity contribution in [2.45, 2.75) is 6.92 Å². The fourth-order valence-electron chi connectivity index (χ4n) is 2.88. The van der Waals surface area contributed by atoms with E-state index in [1.807, 2.05) is 66.7 Å². The summed E-state index contributed by atoms with van der Waals surface area (Å²) >= 11 is 2.26. The Balaban J connectivity index is 1.97. The Bertz CT molecular complexity index is 1090. The molecule has 0 aliphatic rings. The molecule has 0 aliphatic heterocycles. The topological polar surface area (TPSA) is 47.8 Å². The van der Waals surface area contributed by atoms with Crippen LogP contribution in [-0.4, -0.2) is 20.8 Å². The number of hydrogen-bond donors (Lipinski definition) is 0. The lowest BCUT2D eigenvalue weighted by Gasteiger charge is -2.08. The minimum atomic E-state index is 0.0406. The molecular formula is C20H14IN3O. The maximum Gasteiger partial charge on any atom is 0.160 e. The number of ketones is 1. The van der Waals surface area contributed by atoms with Crippen LogP contribution in [0.15, 0.2) is 66.7 Å². The van der Waals surface area contributed by atoms with E-state index in [-0.39, 0.29) is 5.78 Å². The van der Waals surface area contributed by atoms with E-state index in [1.54, 1.807) is 11.7 Å². The van der Waals surface area contributed by atoms with Crippen molar-refractivity contribution in [3.8, 4) is 16.8 Å². The van der Waals surface area contributed by atoms with Crippen molar-refractivity contribution in [3.05, 3.63) is 75.9 Å². The summed E-state index contributed by atoms with van der Waals surface area (Å²) in [6.07, 6.45) is 0. The SMILES string of the molecule is CC(=O)c1ccc(I)cc1-c1cccc2nn(-c3ccccc3)nc12. The average molecular weight is 439 g/mol. The van der Waals surface area contributed by atoms with Crippen molar-refractivity contribution in [1.29, 1.82) is 0 Å². The minimum absolute atomic E-state index is 0.0406. The summed E-state index contributed by atoms with van der Waals surface area (Å²) in [5.41, 5.74) is 5.00. The lowest BCUT2D eigenvalue weighted by Crippen LogP contribution is -1.98. The Labute approximate surface area is 158 Å². The monoisotopic (exact) mass is 439 g/mol. The van der Waals surface area contributed by atoms with Gasteiger partial charge in [-0.3, -0.25) is 4.79 Å². The van der Waals surface area contributed by atoms with E-state index in [2.05, 4.69) is 32.8 Å². The largest absolute Gasteiger partial charge is 0.294 e. The molecule has 5 heteroatoms. The highest BCUT2D eigenvalue weighted by atomic mass is 127. The predicted molar refractivity (Wildman–Crippen MR) is 107 cm³/mol. The first-order chi connectivity index (χ1) is 12.1. The summed E-state index contributed by atoms with van der Waals surface area (Å²) in [7, 11) is 0. The van der Waals surface area contributed by atoms with E-state index >= 15 is 0 Å². The van der Waals surface area contributed by atoms with Crippen LogP contribution in [0.2, 0.25) is 0 Å². The zero-order chi connectivity index (χ0) is 17.4. The van der Waals surface area contributed by atoms with Gasteiger partial charge in [-0.25, -0.2) is 0 Å². The van der Waals surface area contributed by atoms with Crippen LogP contribution in [0.5, 0.6) is 0 Å². The van der Waals surface area contributed by atoms with Gasteiger partial charge in [-0.15, -0.1) is 10.2 Å². The van der Waals surface area contributed by atoms with Crippen LogP contribution in [0.4, 0.5) is 0 Å². The van der Waals surface area contributed by atoms with Gasteiger partial charge in [-0.2, -0.15) is 4.80 Å². The summed E-state index contributed by atoms with van der Waals surface area (Å²) < 4.78 is 1.07. The molecule has 0 amide bonds. The van der Waals surface area contributed by atoms with Crippen molar-refractivity contribution in [2.24, 2.45) is 0 Å². The molecule has 1 heterocycles. The molecule has 1 aromatic heterocycles. The number of hydrogen-bond acceptors (Lipinski definition) is 3. The zero-order valence-corrected chi connectivity index (χ0v) is 15.6. The van der Waals surface area contributed by atoms with Gasteiger partial charge in [0, 0.05) is 14.7 Å². The van der Waals surface area contributed by atoms with Gasteiger partial charge in [0.1, 0.15) is 11.0 Å². The highest BCUT2D eigenvalue weighted by molar-refractivity contribution is 14.1. The molecule has 0 fully saturated rings. The van der Waals surface area contributed by atoms with Crippen molar-refractivity contribution in [3.63, 3.8) is 0 Å². The van der Waals surface area contributed by atoms with Gasteiger partial charge in [-0.05, 0) is 71.5 Å². The molecule has 0 saturated heterocycles. The third-order valence-corrected chi connectivity index (χ3v) is 4.72. The second kappa shape index (κ2) is 6.40. The molecule has 0 spiro atoms. The maximum absolute atomic E-state index is 12.1. The molecule has 3 aromatic carbocycles. The molecule has 4 rings (SSSR count). The maximum atomic E-state index is 12.1. The van der Waals surface area contributed by atoms with Crippen LogP contribution < -0.4 is 0 Å². The second-order valence-corrected chi connectivity index (χ2v) is 6.99. The summed E-state index contributed by atoms with van der Waals surface area (Å²) in [6.45, 7) is 1.59. The number of para-hydroxylation sites is 1. The average Bonchev–Trinajstić information content (AvgIpc) is 3.06. The van der Waals surface area contributed by atoms with E-state index in [4.69, 9.17) is 0 Å². The Morgan fingerprint density at radius 3 is 2.48 bits per heavy atom. The highest BCUT2D eigenvalue weighted by Gasteiger charge is 2.15. The number of carbonyl (C=O) groups excluding carboxylic acids is 1. The van der Waals surface area contributed by atoms with Crippen LogP contribution in [0.3, 0.4) is 0 Å². The van der Waals surface area contributed by atoms with Gasteiger partial charge in [0.2, 0.25) is 0 Å². The van der Waals surface area contributed by atoms with Crippen LogP contribution in [0.1, 0.15) is 17.3 Å². The number of carbonyl (C=O) groups is 1. The molecule has 0 atom stereocenters. The number of Topliss-reactive ketones (excluding diaryl/α,β-unsaturated/α-hetero) is 1. The van der Waals surface area contributed by atoms with E-state index in [1.165, 1.54) is 0 Å². The van der Waals surface area contributed by atoms with Crippen LogP contribution in [-0.2, 0) is 0 Å². The third kappa shape index (κ3) is 2.95. The van der Waals surface area contributed by atoms with Crippen LogP contribution in [0.25, 0.3) is 27.8 Å². The van der Waals surface area contributed by atoms with Crippen LogP contribution in [0, 0.1) is 3.57 Å². The second-order valence-electron chi connectivity index (χ2n) is 5.74. The normalized spacial score (nSPS) is 11.0. The minimum Gasteiger partial charge on any atom is -0.294 e. The van der Waals surface area contributed by atoms with Gasteiger partial charge < -0.3 is 0 Å². The molecule has 0 bridgehead atoms. The van der Waals surface area contributed by atoms with Gasteiger partial charge in [-0.1, -0.05) is 30.3 Å². The summed E-state index contributed by atoms with van der Waals surface area (Å²) in [5.74, 6) is 0.0406. The third-order valence-electron chi connectivity index (χ3n) is 4.05. The number of nitrogens with zero attached hydrogens (tertiary/aromatic N) is 3. The molecular weight excluding hydrogens is 425 g/mol. The molecule has 4 nitrogen and oxygen atoms in total. The molecule has 4 aromatic rings. The smallest absolute Gasteiger partial charge is 0.160 e. The quantitative estimate of drug-likeness (QED) is 0.337. The zero-order valence-electron chi connectivity index (χ0n) is 13.5. The number of rotatable bonds is 3. The molecule has 0 radical (unpaired) electrons. The number of halogens is 1. The Hall–Kier alpha value is -2.54. The molecule has 25 heavy (non-hydrogen) atoms. The Kier molecular flexibility index (Phi) is 4.09. The lowest BCUT2D eigenvalue weighted by atomic mass is 9.96. The number of fused-ring (bicyclic) bond motifs is 1. The Morgan fingerprint density at radius 2 is 1.72 bits per heavy atom. The van der Waals surface area contributed by atoms with Gasteiger partial charge in [0.25, 0.3) is 0 Å². The van der Waals surface area contributed by atoms with Crippen molar-refractivity contribution in [1.82, 2.24) is 15.0 Å². The summed E-state index contributed by atoms with van der Waals surface area (Å²) in [4.78, 5) is 13.7. The molecule has 0 unspecified atom stereocenters. The van der Waals surface area contributed by atoms with Crippen molar-refractivity contribution >= 4 is 39.4 Å². The van der Waals surface area contributed by atoms with Gasteiger partial charge >= 0.3 is 0 Å². The molecule has 0 N–H and O–H groups in total. The number of aromatic nitrogens is 3. The first-order valence-corrected chi connectivity index (χ1v) is 8.94. The van der Waals surface area contributed by atoms with E-state index in [0.717, 1.165) is 31.4 Å². The highest BCUT2D eigenvalue weighted by Crippen LogP contribution is 2.31. The van der Waals surface area contributed by atoms with Crippen molar-refractivity contribution in [2.75, 3.05) is 0 Å². The van der Waals surface area contributed by atoms with Crippen molar-refractivity contribution < 1.29 is 4.79 Å². The lowest BCUT2D eigenvalue weighted by molar-refractivity contribution is 0.101. The molecule has 0 saturated carbocycles. The Morgan fingerprint density at radius 1 is 0.920 bits per heavy atom. The summed E-state index contributed by atoms with van der Waals surface area (Å²) in [6, 6.07) is 21.5. The van der Waals surface area contributed by atoms with E-state index in [9.17, 15) is 4.79 Å². The van der Waals surface area contributed by atoms with E-state index in [0.29, 0.717) is 5.56 Å². The van der Waals surface area contributed by atoms with Crippen LogP contribution >= 0.6 is 22.6 Å². The van der Waals surface area contributed by atoms with E-state index < -0.39 is 0 Å². The van der Waals surface area contributed by atoms with Gasteiger partial charge in [0.15, 0.2) is 5.78 Å².